The van der Waals surface area contributed by atoms with Crippen molar-refractivity contribution in [2.75, 3.05) is 6.54 Å². The van der Waals surface area contributed by atoms with Gasteiger partial charge in [0, 0.05) is 30.5 Å². The molecule has 0 saturated carbocycles. The molecule has 0 fully saturated rings. The molecule has 1 aromatic heterocycles. The molecule has 1 aliphatic rings. The zero-order valence-electron chi connectivity index (χ0n) is 13.5. The van der Waals surface area contributed by atoms with Crippen molar-refractivity contribution in [1.29, 1.82) is 0 Å². The highest BCUT2D eigenvalue weighted by molar-refractivity contribution is 5.43. The Labute approximate surface area is 133 Å². The zero-order chi connectivity index (χ0) is 16.8. The van der Waals surface area contributed by atoms with Crippen molar-refractivity contribution in [3.8, 4) is 5.69 Å². The van der Waals surface area contributed by atoms with Gasteiger partial charge < -0.3 is 5.32 Å². The molecule has 2 aromatic rings. The van der Waals surface area contributed by atoms with Crippen LogP contribution in [0.3, 0.4) is 0 Å². The fourth-order valence-electron chi connectivity index (χ4n) is 2.98. The van der Waals surface area contributed by atoms with Gasteiger partial charge in [-0.1, -0.05) is 26.8 Å². The minimum Gasteiger partial charge on any atom is -0.312 e. The quantitative estimate of drug-likeness (QED) is 0.864. The molecular formula is C17H20F3N3. The number of alkyl halides is 3. The maximum atomic E-state index is 13.0. The first-order chi connectivity index (χ1) is 10.7. The number of benzene rings is 1. The molecule has 3 rings (SSSR count). The highest BCUT2D eigenvalue weighted by atomic mass is 19.4. The van der Waals surface area contributed by atoms with E-state index in [1.165, 1.54) is 12.1 Å². The molecule has 1 aromatic carbocycles. The van der Waals surface area contributed by atoms with Gasteiger partial charge in [0.05, 0.1) is 22.6 Å². The van der Waals surface area contributed by atoms with Crippen LogP contribution in [-0.4, -0.2) is 16.3 Å². The van der Waals surface area contributed by atoms with Gasteiger partial charge in [0.2, 0.25) is 0 Å². The largest absolute Gasteiger partial charge is 0.416 e. The van der Waals surface area contributed by atoms with E-state index in [0.29, 0.717) is 12.2 Å². The Morgan fingerprint density at radius 2 is 1.91 bits per heavy atom. The van der Waals surface area contributed by atoms with E-state index in [-0.39, 0.29) is 5.41 Å². The molecule has 0 unspecified atom stereocenters. The summed E-state index contributed by atoms with van der Waals surface area (Å²) in [6, 6.07) is 5.37. The van der Waals surface area contributed by atoms with Gasteiger partial charge in [-0.3, -0.25) is 0 Å². The van der Waals surface area contributed by atoms with E-state index >= 15 is 0 Å². The number of halogens is 3. The van der Waals surface area contributed by atoms with E-state index in [2.05, 4.69) is 31.2 Å². The third-order valence-corrected chi connectivity index (χ3v) is 4.06. The molecule has 1 aliphatic heterocycles. The normalized spacial score (nSPS) is 15.6. The van der Waals surface area contributed by atoms with Crippen molar-refractivity contribution >= 4 is 0 Å². The van der Waals surface area contributed by atoms with Gasteiger partial charge in [-0.05, 0) is 18.2 Å². The average Bonchev–Trinajstić information content (AvgIpc) is 2.86. The summed E-state index contributed by atoms with van der Waals surface area (Å²) in [5.74, 6) is 0. The Bertz CT molecular complexity index is 724. The molecule has 2 heterocycles. The lowest BCUT2D eigenvalue weighted by Gasteiger charge is -2.20. The lowest BCUT2D eigenvalue weighted by Crippen LogP contribution is -2.26. The summed E-state index contributed by atoms with van der Waals surface area (Å²) in [4.78, 5) is 0. The molecule has 0 aliphatic carbocycles. The van der Waals surface area contributed by atoms with Crippen molar-refractivity contribution in [2.45, 2.75) is 45.3 Å². The van der Waals surface area contributed by atoms with Crippen LogP contribution in [0.2, 0.25) is 0 Å². The van der Waals surface area contributed by atoms with Crippen molar-refractivity contribution in [2.24, 2.45) is 0 Å². The van der Waals surface area contributed by atoms with Gasteiger partial charge in [0.25, 0.3) is 0 Å². The Balaban J connectivity index is 2.16. The summed E-state index contributed by atoms with van der Waals surface area (Å²) >= 11 is 0. The van der Waals surface area contributed by atoms with Gasteiger partial charge in [-0.25, -0.2) is 4.68 Å². The standard InChI is InChI=1S/C17H20F3N3/c1-16(2,3)15-13-10-21-8-7-14(13)23(22-15)12-6-4-5-11(9-12)17(18,19)20/h4-6,9,21H,7-8,10H2,1-3H3. The lowest BCUT2D eigenvalue weighted by molar-refractivity contribution is -0.137. The topological polar surface area (TPSA) is 29.9 Å². The average molecular weight is 323 g/mol. The molecule has 0 saturated heterocycles. The second-order valence-corrected chi connectivity index (χ2v) is 6.91. The molecule has 0 spiro atoms. The number of aromatic nitrogens is 2. The molecule has 0 bridgehead atoms. The van der Waals surface area contributed by atoms with Gasteiger partial charge in [0.15, 0.2) is 0 Å². The minimum absolute atomic E-state index is 0.157. The summed E-state index contributed by atoms with van der Waals surface area (Å²) in [5.41, 5.74) is 2.72. The fraction of sp³-hybridized carbons (Fsp3) is 0.471. The lowest BCUT2D eigenvalue weighted by atomic mass is 9.88. The van der Waals surface area contributed by atoms with Crippen LogP contribution >= 0.6 is 0 Å². The molecule has 0 amide bonds. The maximum absolute atomic E-state index is 13.0. The van der Waals surface area contributed by atoms with E-state index in [9.17, 15) is 13.2 Å². The number of nitrogens with zero attached hydrogens (tertiary/aromatic N) is 2. The molecule has 1 N–H and O–H groups in total. The van der Waals surface area contributed by atoms with Crippen LogP contribution in [-0.2, 0) is 24.6 Å². The van der Waals surface area contributed by atoms with Crippen molar-refractivity contribution in [3.05, 3.63) is 46.8 Å². The van der Waals surface area contributed by atoms with Crippen LogP contribution in [0.4, 0.5) is 13.2 Å². The first kappa shape index (κ1) is 16.1. The fourth-order valence-corrected chi connectivity index (χ4v) is 2.98. The Morgan fingerprint density at radius 3 is 2.57 bits per heavy atom. The van der Waals surface area contributed by atoms with Crippen LogP contribution in [0.1, 0.15) is 43.3 Å². The SMILES string of the molecule is CC(C)(C)c1nn(-c2cccc(C(F)(F)F)c2)c2c1CNCC2. The monoisotopic (exact) mass is 323 g/mol. The number of hydrogen-bond donors (Lipinski definition) is 1. The van der Waals surface area contributed by atoms with Crippen molar-refractivity contribution in [3.63, 3.8) is 0 Å². The second kappa shape index (κ2) is 5.37. The van der Waals surface area contributed by atoms with E-state index < -0.39 is 11.7 Å². The van der Waals surface area contributed by atoms with Crippen LogP contribution in [0, 0.1) is 0 Å². The Kier molecular flexibility index (Phi) is 3.75. The molecule has 23 heavy (non-hydrogen) atoms. The summed E-state index contributed by atoms with van der Waals surface area (Å²) in [5, 5.41) is 7.99. The number of hydrogen-bond acceptors (Lipinski definition) is 2. The van der Waals surface area contributed by atoms with Crippen molar-refractivity contribution < 1.29 is 13.2 Å². The van der Waals surface area contributed by atoms with E-state index in [0.717, 1.165) is 36.0 Å². The van der Waals surface area contributed by atoms with Gasteiger partial charge in [-0.2, -0.15) is 18.3 Å². The first-order valence-electron chi connectivity index (χ1n) is 7.67. The van der Waals surface area contributed by atoms with E-state index in [1.54, 1.807) is 10.7 Å². The molecular weight excluding hydrogens is 303 g/mol. The third kappa shape index (κ3) is 3.00. The first-order valence-corrected chi connectivity index (χ1v) is 7.67. The Morgan fingerprint density at radius 1 is 1.17 bits per heavy atom. The number of fused-ring (bicyclic) bond motifs is 1. The molecule has 3 nitrogen and oxygen atoms in total. The van der Waals surface area contributed by atoms with Gasteiger partial charge in [-0.15, -0.1) is 0 Å². The highest BCUT2D eigenvalue weighted by Crippen LogP contribution is 2.33. The van der Waals surface area contributed by atoms with Crippen LogP contribution in [0.15, 0.2) is 24.3 Å². The predicted octanol–water partition coefficient (Wildman–Crippen LogP) is 3.83. The summed E-state index contributed by atoms with van der Waals surface area (Å²) in [6.45, 7) is 7.73. The van der Waals surface area contributed by atoms with Gasteiger partial charge in [0.1, 0.15) is 0 Å². The van der Waals surface area contributed by atoms with Gasteiger partial charge >= 0.3 is 6.18 Å². The molecule has 0 atom stereocenters. The zero-order valence-corrected chi connectivity index (χ0v) is 13.5. The second-order valence-electron chi connectivity index (χ2n) is 6.91. The molecule has 124 valence electrons. The predicted molar refractivity (Wildman–Crippen MR) is 82.7 cm³/mol. The number of rotatable bonds is 1. The van der Waals surface area contributed by atoms with Crippen molar-refractivity contribution in [1.82, 2.24) is 15.1 Å². The maximum Gasteiger partial charge on any atom is 0.416 e. The van der Waals surface area contributed by atoms with Crippen LogP contribution in [0.5, 0.6) is 0 Å². The minimum atomic E-state index is -4.35. The third-order valence-electron chi connectivity index (χ3n) is 4.06. The molecule has 0 radical (unpaired) electrons. The van der Waals surface area contributed by atoms with E-state index in [4.69, 9.17) is 0 Å². The molecule has 6 heteroatoms. The number of nitrogens with one attached hydrogen (secondary N) is 1. The smallest absolute Gasteiger partial charge is 0.312 e. The van der Waals surface area contributed by atoms with Crippen LogP contribution < -0.4 is 5.32 Å². The highest BCUT2D eigenvalue weighted by Gasteiger charge is 2.32. The Hall–Kier alpha value is -1.82. The summed E-state index contributed by atoms with van der Waals surface area (Å²) in [7, 11) is 0. The summed E-state index contributed by atoms with van der Waals surface area (Å²) < 4.78 is 40.6. The summed E-state index contributed by atoms with van der Waals surface area (Å²) in [6.07, 6.45) is -3.59. The van der Waals surface area contributed by atoms with E-state index in [1.807, 2.05) is 0 Å². The van der Waals surface area contributed by atoms with Crippen LogP contribution in [0.25, 0.3) is 5.69 Å².